The number of nitrogens with two attached hydrogens (primary N) is 1. The largest absolute Gasteiger partial charge is 0.395 e. The first-order valence-corrected chi connectivity index (χ1v) is 6.43. The van der Waals surface area contributed by atoms with E-state index in [0.29, 0.717) is 13.1 Å². The molecule has 16 heavy (non-hydrogen) atoms. The monoisotopic (exact) mass is 246 g/mol. The lowest BCUT2D eigenvalue weighted by atomic mass is 10.3. The number of para-hydroxylation sites is 1. The van der Waals surface area contributed by atoms with Gasteiger partial charge in [-0.3, -0.25) is 0 Å². The number of hydrogen-bond acceptors (Lipinski definition) is 3. The smallest absolute Gasteiger partial charge is 0.245 e. The highest BCUT2D eigenvalue weighted by molar-refractivity contribution is 7.89. The van der Waals surface area contributed by atoms with Gasteiger partial charge in [0, 0.05) is 13.1 Å². The Balaban J connectivity index is 3.33. The summed E-state index contributed by atoms with van der Waals surface area (Å²) in [5.41, 5.74) is 5.11. The third-order valence-corrected chi connectivity index (χ3v) is 4.44. The fourth-order valence-corrected chi connectivity index (χ4v) is 3.03. The van der Waals surface area contributed by atoms with E-state index in [1.807, 2.05) is 0 Å². The van der Waals surface area contributed by atoms with Crippen molar-refractivity contribution in [2.24, 2.45) is 0 Å². The maximum Gasteiger partial charge on any atom is 0.245 e. The van der Waals surface area contributed by atoms with Gasteiger partial charge in [0.1, 0.15) is 10.7 Å². The van der Waals surface area contributed by atoms with E-state index in [4.69, 9.17) is 5.73 Å². The normalized spacial score (nSPS) is 12.0. The Labute approximate surface area is 94.9 Å². The summed E-state index contributed by atoms with van der Waals surface area (Å²) >= 11 is 0. The summed E-state index contributed by atoms with van der Waals surface area (Å²) in [6.07, 6.45) is 0. The van der Waals surface area contributed by atoms with E-state index in [0.717, 1.165) is 6.07 Å². The lowest BCUT2D eigenvalue weighted by Gasteiger charge is -2.19. The molecule has 0 heterocycles. The third kappa shape index (κ3) is 2.17. The van der Waals surface area contributed by atoms with Crippen molar-refractivity contribution < 1.29 is 12.8 Å². The van der Waals surface area contributed by atoms with E-state index in [-0.39, 0.29) is 10.6 Å². The lowest BCUT2D eigenvalue weighted by Crippen LogP contribution is -2.31. The van der Waals surface area contributed by atoms with Crippen LogP contribution in [0.1, 0.15) is 13.8 Å². The first-order chi connectivity index (χ1) is 7.45. The van der Waals surface area contributed by atoms with Gasteiger partial charge >= 0.3 is 0 Å². The van der Waals surface area contributed by atoms with Crippen molar-refractivity contribution in [2.75, 3.05) is 18.8 Å². The minimum Gasteiger partial charge on any atom is -0.395 e. The lowest BCUT2D eigenvalue weighted by molar-refractivity contribution is 0.445. The Morgan fingerprint density at radius 1 is 1.31 bits per heavy atom. The van der Waals surface area contributed by atoms with E-state index in [9.17, 15) is 12.8 Å². The second kappa shape index (κ2) is 4.80. The van der Waals surface area contributed by atoms with Gasteiger partial charge in [0.2, 0.25) is 10.0 Å². The molecule has 0 saturated heterocycles. The van der Waals surface area contributed by atoms with Crippen molar-refractivity contribution >= 4 is 15.7 Å². The van der Waals surface area contributed by atoms with Gasteiger partial charge in [-0.1, -0.05) is 19.9 Å². The number of hydrogen-bond donors (Lipinski definition) is 1. The second-order valence-corrected chi connectivity index (χ2v) is 5.15. The molecule has 0 aliphatic carbocycles. The van der Waals surface area contributed by atoms with Gasteiger partial charge < -0.3 is 5.73 Å². The Hall–Kier alpha value is -1.14. The molecule has 0 amide bonds. The Morgan fingerprint density at radius 3 is 2.38 bits per heavy atom. The van der Waals surface area contributed by atoms with E-state index < -0.39 is 15.8 Å². The minimum absolute atomic E-state index is 0.170. The van der Waals surface area contributed by atoms with Crippen LogP contribution in [0.4, 0.5) is 10.1 Å². The molecule has 0 aliphatic rings. The van der Waals surface area contributed by atoms with Gasteiger partial charge in [-0.05, 0) is 12.1 Å². The summed E-state index contributed by atoms with van der Waals surface area (Å²) in [6, 6.07) is 3.78. The van der Waals surface area contributed by atoms with E-state index in [1.54, 1.807) is 13.8 Å². The SMILES string of the molecule is CCN(CC)S(=O)(=O)c1cccc(F)c1N. The van der Waals surface area contributed by atoms with Gasteiger partial charge in [-0.2, -0.15) is 4.31 Å². The molecule has 0 atom stereocenters. The van der Waals surface area contributed by atoms with E-state index in [2.05, 4.69) is 0 Å². The number of sulfonamides is 1. The molecule has 0 bridgehead atoms. The Bertz CT molecular complexity index is 470. The molecular formula is C10H15FN2O2S. The van der Waals surface area contributed by atoms with Crippen LogP contribution in [0.2, 0.25) is 0 Å². The molecule has 0 spiro atoms. The topological polar surface area (TPSA) is 63.4 Å². The van der Waals surface area contributed by atoms with Gasteiger partial charge in [0.15, 0.2) is 0 Å². The van der Waals surface area contributed by atoms with Crippen LogP contribution in [-0.4, -0.2) is 25.8 Å². The molecule has 4 nitrogen and oxygen atoms in total. The summed E-state index contributed by atoms with van der Waals surface area (Å²) in [4.78, 5) is -0.170. The molecule has 0 saturated carbocycles. The fraction of sp³-hybridized carbons (Fsp3) is 0.400. The summed E-state index contributed by atoms with van der Waals surface area (Å²) in [5.74, 6) is -0.715. The first kappa shape index (κ1) is 12.9. The van der Waals surface area contributed by atoms with Crippen LogP contribution in [-0.2, 0) is 10.0 Å². The number of rotatable bonds is 4. The molecule has 90 valence electrons. The molecule has 0 aliphatic heterocycles. The molecule has 1 rings (SSSR count). The van der Waals surface area contributed by atoms with E-state index >= 15 is 0 Å². The van der Waals surface area contributed by atoms with Gasteiger partial charge in [-0.25, -0.2) is 12.8 Å². The number of benzene rings is 1. The number of nitrogen functional groups attached to an aromatic ring is 1. The standard InChI is InChI=1S/C10H15FN2O2S/c1-3-13(4-2)16(14,15)9-7-5-6-8(11)10(9)12/h5-7H,3-4,12H2,1-2H3. The molecular weight excluding hydrogens is 231 g/mol. The predicted octanol–water partition coefficient (Wildman–Crippen LogP) is 1.44. The molecule has 0 radical (unpaired) electrons. The zero-order valence-electron chi connectivity index (χ0n) is 9.27. The maximum absolute atomic E-state index is 13.2. The van der Waals surface area contributed by atoms with Crippen molar-refractivity contribution in [2.45, 2.75) is 18.7 Å². The number of halogens is 1. The zero-order chi connectivity index (χ0) is 12.3. The number of nitrogens with zero attached hydrogens (tertiary/aromatic N) is 1. The van der Waals surface area contributed by atoms with Crippen LogP contribution in [0, 0.1) is 5.82 Å². The molecule has 0 fully saturated rings. The van der Waals surface area contributed by atoms with Crippen molar-refractivity contribution in [3.8, 4) is 0 Å². The van der Waals surface area contributed by atoms with Crippen LogP contribution >= 0.6 is 0 Å². The van der Waals surface area contributed by atoms with Crippen LogP contribution in [0.15, 0.2) is 23.1 Å². The molecule has 2 N–H and O–H groups in total. The molecule has 0 aromatic heterocycles. The van der Waals surface area contributed by atoms with Crippen LogP contribution in [0.3, 0.4) is 0 Å². The predicted molar refractivity (Wildman–Crippen MR) is 60.9 cm³/mol. The highest BCUT2D eigenvalue weighted by atomic mass is 32.2. The van der Waals surface area contributed by atoms with Crippen molar-refractivity contribution in [1.29, 1.82) is 0 Å². The molecule has 1 aromatic rings. The van der Waals surface area contributed by atoms with Crippen molar-refractivity contribution in [3.05, 3.63) is 24.0 Å². The summed E-state index contributed by atoms with van der Waals surface area (Å²) in [7, 11) is -3.69. The Morgan fingerprint density at radius 2 is 1.88 bits per heavy atom. The van der Waals surface area contributed by atoms with Gasteiger partial charge in [-0.15, -0.1) is 0 Å². The van der Waals surface area contributed by atoms with Gasteiger partial charge in [0.25, 0.3) is 0 Å². The average Bonchev–Trinajstić information content (AvgIpc) is 2.23. The quantitative estimate of drug-likeness (QED) is 0.818. The van der Waals surface area contributed by atoms with Gasteiger partial charge in [0.05, 0.1) is 5.69 Å². The summed E-state index contributed by atoms with van der Waals surface area (Å²) in [6.45, 7) is 4.09. The second-order valence-electron chi connectivity index (χ2n) is 3.24. The van der Waals surface area contributed by atoms with Crippen LogP contribution < -0.4 is 5.73 Å². The summed E-state index contributed by atoms with van der Waals surface area (Å²) < 4.78 is 38.5. The van der Waals surface area contributed by atoms with E-state index in [1.165, 1.54) is 16.4 Å². The third-order valence-electron chi connectivity index (χ3n) is 2.34. The minimum atomic E-state index is -3.69. The molecule has 1 aromatic carbocycles. The van der Waals surface area contributed by atoms with Crippen molar-refractivity contribution in [1.82, 2.24) is 4.31 Å². The highest BCUT2D eigenvalue weighted by Crippen LogP contribution is 2.24. The highest BCUT2D eigenvalue weighted by Gasteiger charge is 2.24. The first-order valence-electron chi connectivity index (χ1n) is 4.99. The number of anilines is 1. The summed E-state index contributed by atoms with van der Waals surface area (Å²) in [5, 5.41) is 0. The fourth-order valence-electron chi connectivity index (χ4n) is 1.44. The maximum atomic E-state index is 13.2. The van der Waals surface area contributed by atoms with Crippen LogP contribution in [0.25, 0.3) is 0 Å². The van der Waals surface area contributed by atoms with Crippen LogP contribution in [0.5, 0.6) is 0 Å². The zero-order valence-corrected chi connectivity index (χ0v) is 10.1. The average molecular weight is 246 g/mol. The molecule has 6 heteroatoms. The molecule has 0 unspecified atom stereocenters. The Kier molecular flexibility index (Phi) is 3.88. The van der Waals surface area contributed by atoms with Crippen molar-refractivity contribution in [3.63, 3.8) is 0 Å².